The van der Waals surface area contributed by atoms with Gasteiger partial charge in [-0.2, -0.15) is 8.42 Å². The molecule has 6 nitrogen and oxygen atoms in total. The zero-order valence-corrected chi connectivity index (χ0v) is 13.1. The van der Waals surface area contributed by atoms with Crippen LogP contribution < -0.4 is 0 Å². The van der Waals surface area contributed by atoms with E-state index >= 15 is 0 Å². The van der Waals surface area contributed by atoms with Crippen molar-refractivity contribution < 1.29 is 13.2 Å². The Morgan fingerprint density at radius 2 is 1.77 bits per heavy atom. The van der Waals surface area contributed by atoms with Crippen LogP contribution in [0, 0.1) is 11.8 Å². The highest BCUT2D eigenvalue weighted by atomic mass is 32.2. The molecule has 116 valence electrons. The Kier molecular flexibility index (Phi) is 2.84. The number of amides is 1. The lowest BCUT2D eigenvalue weighted by Gasteiger charge is -2.22. The molecule has 3 aliphatic heterocycles. The average molecular weight is 319 g/mol. The van der Waals surface area contributed by atoms with Crippen molar-refractivity contribution in [3.63, 3.8) is 0 Å². The molecule has 22 heavy (non-hydrogen) atoms. The van der Waals surface area contributed by atoms with Crippen LogP contribution in [-0.2, 0) is 14.8 Å². The molecule has 0 aliphatic carbocycles. The SMILES string of the molecule is CC(=O)N1CC2CN(C3=NS(=O)(=O)c4ccccc43)CC2C1. The molecular weight excluding hydrogens is 302 g/mol. The molecule has 2 fully saturated rings. The molecule has 7 heteroatoms. The number of benzene rings is 1. The Hall–Kier alpha value is -1.89. The van der Waals surface area contributed by atoms with E-state index in [2.05, 4.69) is 9.30 Å². The number of hydrogen-bond acceptors (Lipinski definition) is 4. The predicted octanol–water partition coefficient (Wildman–Crippen LogP) is 0.546. The topological polar surface area (TPSA) is 70.1 Å². The van der Waals surface area contributed by atoms with Crippen LogP contribution in [0.4, 0.5) is 0 Å². The van der Waals surface area contributed by atoms with Crippen molar-refractivity contribution in [3.8, 4) is 0 Å². The van der Waals surface area contributed by atoms with Gasteiger partial charge in [-0.25, -0.2) is 0 Å². The Labute approximate surface area is 129 Å². The van der Waals surface area contributed by atoms with Gasteiger partial charge in [0.05, 0.1) is 0 Å². The number of fused-ring (bicyclic) bond motifs is 2. The summed E-state index contributed by atoms with van der Waals surface area (Å²) in [6.07, 6.45) is 0. The van der Waals surface area contributed by atoms with Crippen LogP contribution in [0.1, 0.15) is 12.5 Å². The van der Waals surface area contributed by atoms with Crippen LogP contribution in [0.25, 0.3) is 0 Å². The van der Waals surface area contributed by atoms with Gasteiger partial charge in [-0.1, -0.05) is 12.1 Å². The number of carbonyl (C=O) groups is 1. The van der Waals surface area contributed by atoms with Crippen molar-refractivity contribution in [2.75, 3.05) is 26.2 Å². The van der Waals surface area contributed by atoms with E-state index < -0.39 is 10.0 Å². The molecule has 1 aromatic carbocycles. The van der Waals surface area contributed by atoms with Crippen LogP contribution in [-0.4, -0.2) is 56.1 Å². The summed E-state index contributed by atoms with van der Waals surface area (Å²) in [5.74, 6) is 1.50. The second-order valence-corrected chi connectivity index (χ2v) is 7.81. The van der Waals surface area contributed by atoms with Gasteiger partial charge in [-0.3, -0.25) is 4.79 Å². The minimum Gasteiger partial charge on any atom is -0.355 e. The van der Waals surface area contributed by atoms with Crippen molar-refractivity contribution in [3.05, 3.63) is 29.8 Å². The van der Waals surface area contributed by atoms with Gasteiger partial charge >= 0.3 is 0 Å². The molecule has 2 atom stereocenters. The van der Waals surface area contributed by atoms with Crippen LogP contribution in [0.2, 0.25) is 0 Å². The quantitative estimate of drug-likeness (QED) is 0.700. The first kappa shape index (κ1) is 13.8. The standard InChI is InChI=1S/C15H17N3O3S/c1-10(19)17-6-11-8-18(9-12(11)7-17)15-13-4-2-3-5-14(13)22(20,21)16-15/h2-5,11-12H,6-9H2,1H3. The van der Waals surface area contributed by atoms with Gasteiger partial charge in [0, 0.05) is 50.5 Å². The lowest BCUT2D eigenvalue weighted by atomic mass is 10.0. The van der Waals surface area contributed by atoms with Gasteiger partial charge in [-0.05, 0) is 12.1 Å². The molecule has 1 aromatic rings. The predicted molar refractivity (Wildman–Crippen MR) is 81.0 cm³/mol. The molecule has 4 rings (SSSR count). The van der Waals surface area contributed by atoms with Gasteiger partial charge < -0.3 is 9.80 Å². The number of likely N-dealkylation sites (tertiary alicyclic amines) is 2. The van der Waals surface area contributed by atoms with Crippen LogP contribution in [0.15, 0.2) is 33.6 Å². The Morgan fingerprint density at radius 3 is 2.41 bits per heavy atom. The molecule has 0 N–H and O–H groups in total. The molecule has 3 aliphatic rings. The molecule has 0 aromatic heterocycles. The third kappa shape index (κ3) is 1.95. The summed E-state index contributed by atoms with van der Waals surface area (Å²) in [6, 6.07) is 6.98. The third-order valence-electron chi connectivity index (χ3n) is 4.84. The Balaban J connectivity index is 1.61. The second kappa shape index (κ2) is 4.55. The summed E-state index contributed by atoms with van der Waals surface area (Å²) in [7, 11) is -3.56. The molecule has 3 heterocycles. The summed E-state index contributed by atoms with van der Waals surface area (Å²) < 4.78 is 28.3. The molecule has 0 radical (unpaired) electrons. The smallest absolute Gasteiger partial charge is 0.285 e. The minimum absolute atomic E-state index is 0.118. The van der Waals surface area contributed by atoms with Crippen molar-refractivity contribution in [1.82, 2.24) is 9.80 Å². The first-order chi connectivity index (χ1) is 10.5. The van der Waals surface area contributed by atoms with Gasteiger partial charge in [0.2, 0.25) is 5.91 Å². The normalized spacial score (nSPS) is 28.5. The number of sulfonamides is 1. The van der Waals surface area contributed by atoms with Gasteiger partial charge in [0.1, 0.15) is 4.90 Å². The molecule has 2 saturated heterocycles. The van der Waals surface area contributed by atoms with E-state index in [0.717, 1.165) is 26.2 Å². The van der Waals surface area contributed by atoms with E-state index in [9.17, 15) is 13.2 Å². The molecule has 0 spiro atoms. The van der Waals surface area contributed by atoms with Crippen LogP contribution in [0.5, 0.6) is 0 Å². The maximum atomic E-state index is 12.1. The van der Waals surface area contributed by atoms with Gasteiger partial charge in [-0.15, -0.1) is 4.40 Å². The molecular formula is C15H17N3O3S. The number of rotatable bonds is 0. The summed E-state index contributed by atoms with van der Waals surface area (Å²) in [4.78, 5) is 15.7. The highest BCUT2D eigenvalue weighted by Crippen LogP contribution is 2.35. The van der Waals surface area contributed by atoms with Gasteiger partial charge in [0.15, 0.2) is 5.84 Å². The lowest BCUT2D eigenvalue weighted by molar-refractivity contribution is -0.128. The average Bonchev–Trinajstić information content (AvgIpc) is 3.09. The van der Waals surface area contributed by atoms with E-state index in [4.69, 9.17) is 0 Å². The first-order valence-corrected chi connectivity index (χ1v) is 8.84. The summed E-state index contributed by atoms with van der Waals surface area (Å²) in [6.45, 7) is 4.65. The molecule has 0 bridgehead atoms. The fourth-order valence-corrected chi connectivity index (χ4v) is 4.97. The zero-order chi connectivity index (χ0) is 15.5. The van der Waals surface area contributed by atoms with Crippen LogP contribution in [0.3, 0.4) is 0 Å². The lowest BCUT2D eigenvalue weighted by Crippen LogP contribution is -2.34. The Morgan fingerprint density at radius 1 is 1.14 bits per heavy atom. The monoisotopic (exact) mass is 319 g/mol. The minimum atomic E-state index is -3.56. The first-order valence-electron chi connectivity index (χ1n) is 7.40. The molecule has 2 unspecified atom stereocenters. The van der Waals surface area contributed by atoms with Crippen molar-refractivity contribution in [2.45, 2.75) is 11.8 Å². The fourth-order valence-electron chi connectivity index (χ4n) is 3.74. The number of hydrogen-bond donors (Lipinski definition) is 0. The maximum absolute atomic E-state index is 12.1. The van der Waals surface area contributed by atoms with E-state index in [-0.39, 0.29) is 5.91 Å². The largest absolute Gasteiger partial charge is 0.355 e. The van der Waals surface area contributed by atoms with Crippen molar-refractivity contribution in [1.29, 1.82) is 0 Å². The second-order valence-electron chi connectivity index (χ2n) is 6.24. The van der Waals surface area contributed by atoms with E-state index in [1.54, 1.807) is 19.1 Å². The van der Waals surface area contributed by atoms with E-state index in [1.807, 2.05) is 17.0 Å². The summed E-state index contributed by atoms with van der Waals surface area (Å²) >= 11 is 0. The highest BCUT2D eigenvalue weighted by Gasteiger charge is 2.43. The summed E-state index contributed by atoms with van der Waals surface area (Å²) in [5.41, 5.74) is 0.700. The van der Waals surface area contributed by atoms with E-state index in [0.29, 0.717) is 28.1 Å². The zero-order valence-electron chi connectivity index (χ0n) is 12.3. The number of amidine groups is 1. The highest BCUT2D eigenvalue weighted by molar-refractivity contribution is 7.90. The Bertz CT molecular complexity index is 773. The van der Waals surface area contributed by atoms with Crippen molar-refractivity contribution in [2.24, 2.45) is 16.2 Å². The van der Waals surface area contributed by atoms with E-state index in [1.165, 1.54) is 0 Å². The fraction of sp³-hybridized carbons (Fsp3) is 0.467. The molecule has 1 amide bonds. The van der Waals surface area contributed by atoms with Crippen molar-refractivity contribution >= 4 is 21.8 Å². The van der Waals surface area contributed by atoms with Crippen LogP contribution >= 0.6 is 0 Å². The summed E-state index contributed by atoms with van der Waals surface area (Å²) in [5, 5.41) is 0. The number of carbonyl (C=O) groups excluding carboxylic acids is 1. The maximum Gasteiger partial charge on any atom is 0.285 e. The van der Waals surface area contributed by atoms with Gasteiger partial charge in [0.25, 0.3) is 10.0 Å². The number of nitrogens with zero attached hydrogens (tertiary/aromatic N) is 3. The third-order valence-corrected chi connectivity index (χ3v) is 6.17. The molecule has 0 saturated carbocycles.